The van der Waals surface area contributed by atoms with E-state index in [0.717, 1.165) is 0 Å². The molecule has 0 aromatic carbocycles. The molecule has 2 radical (unpaired) electrons. The topological polar surface area (TPSA) is 186 Å². The molecule has 0 rings (SSSR count). The summed E-state index contributed by atoms with van der Waals surface area (Å²) < 4.78 is 0. The van der Waals surface area contributed by atoms with E-state index in [9.17, 15) is 0 Å². The predicted octanol–water partition coefficient (Wildman–Crippen LogP) is -4.04. The smallest absolute Gasteiger partial charge is 0.870 e. The van der Waals surface area contributed by atoms with Gasteiger partial charge in [0, 0.05) is 44.8 Å². The van der Waals surface area contributed by atoms with Crippen LogP contribution in [0, 0.1) is 0 Å². The number of hydrogen-bond donors (Lipinski definition) is 0. The van der Waals surface area contributed by atoms with Crippen molar-refractivity contribution in [2.45, 2.75) is 0 Å². The molecule has 58 valence electrons. The monoisotopic (exact) mass is 316 g/mol. The van der Waals surface area contributed by atoms with Gasteiger partial charge in [-0.2, -0.15) is 0 Å². The van der Waals surface area contributed by atoms with E-state index in [0.29, 0.717) is 0 Å². The van der Waals surface area contributed by atoms with Crippen molar-refractivity contribution >= 4 is 23.1 Å². The van der Waals surface area contributed by atoms with Crippen LogP contribution in [0.2, 0.25) is 0 Å². The van der Waals surface area contributed by atoms with Crippen molar-refractivity contribution < 1.29 is 77.6 Å². The van der Waals surface area contributed by atoms with Crippen LogP contribution in [-0.2, 0) is 44.8 Å². The van der Waals surface area contributed by atoms with E-state index < -0.39 is 0 Å². The minimum Gasteiger partial charge on any atom is -0.870 e. The molecule has 9 heteroatoms. The summed E-state index contributed by atoms with van der Waals surface area (Å²) in [5.41, 5.74) is 0. The summed E-state index contributed by atoms with van der Waals surface area (Å²) in [5.74, 6) is 0. The van der Waals surface area contributed by atoms with Crippen molar-refractivity contribution in [2.75, 3.05) is 0 Å². The maximum atomic E-state index is 0. The fourth-order valence-corrected chi connectivity index (χ4v) is 0. The molecule has 0 unspecified atom stereocenters. The van der Waals surface area contributed by atoms with Crippen molar-refractivity contribution in [1.82, 2.24) is 0 Å². The molecule has 10 N–H and O–H groups in total. The van der Waals surface area contributed by atoms with Gasteiger partial charge in [-0.05, 0) is 0 Å². The number of rotatable bonds is 0. The third kappa shape index (κ3) is 159. The normalized spacial score (nSPS) is 0. The Bertz CT molecular complexity index is 11.0. The summed E-state index contributed by atoms with van der Waals surface area (Å²) in [4.78, 5) is 0. The summed E-state index contributed by atoms with van der Waals surface area (Å²) in [6, 6.07) is 0. The molecule has 0 spiro atoms. The Balaban J connectivity index is 0. The molecule has 0 fully saturated rings. The van der Waals surface area contributed by atoms with Gasteiger partial charge in [-0.1, -0.05) is 0 Å². The van der Waals surface area contributed by atoms with E-state index in [1.54, 1.807) is 0 Å². The average molecular weight is 316 g/mol. The van der Waals surface area contributed by atoms with Gasteiger partial charge in [0.15, 0.2) is 0 Å². The van der Waals surface area contributed by atoms with Crippen LogP contribution >= 0.6 is 0 Å². The molecule has 0 saturated carbocycles. The Hall–Kier alpha value is 2.01. The zero-order valence-corrected chi connectivity index (χ0v) is 10.3. The van der Waals surface area contributed by atoms with E-state index in [-0.39, 0.29) is 101 Å². The van der Waals surface area contributed by atoms with E-state index >= 15 is 0 Å². The Labute approximate surface area is 99.8 Å². The van der Waals surface area contributed by atoms with Gasteiger partial charge >= 0.3 is 23.1 Å². The molecule has 0 aromatic rings. The van der Waals surface area contributed by atoms with E-state index in [1.165, 1.54) is 0 Å². The van der Waals surface area contributed by atoms with Gasteiger partial charge < -0.3 is 32.9 Å². The molecular formula is H10MgNb2O6. The first-order valence-electron chi connectivity index (χ1n) is 0. The van der Waals surface area contributed by atoms with Crippen molar-refractivity contribution in [3.05, 3.63) is 0 Å². The largest absolute Gasteiger partial charge is 2.00 e. The molecule has 0 heterocycles. The summed E-state index contributed by atoms with van der Waals surface area (Å²) in [7, 11) is 0. The number of hydrogen-bond acceptors (Lipinski definition) is 2. The van der Waals surface area contributed by atoms with Gasteiger partial charge in [0.05, 0.1) is 0 Å². The fraction of sp³-hybridized carbons (Fsp3) is 0. The fourth-order valence-electron chi connectivity index (χ4n) is 0. The summed E-state index contributed by atoms with van der Waals surface area (Å²) in [6.45, 7) is 0. The molecule has 9 heavy (non-hydrogen) atoms. The van der Waals surface area contributed by atoms with Crippen molar-refractivity contribution in [1.29, 1.82) is 0 Å². The minimum absolute atomic E-state index is 0. The Kier molecular flexibility index (Phi) is 6130. The third-order valence-electron chi connectivity index (χ3n) is 0. The maximum absolute atomic E-state index is 0. The van der Waals surface area contributed by atoms with Crippen LogP contribution < -0.4 is 0 Å². The van der Waals surface area contributed by atoms with E-state index in [4.69, 9.17) is 0 Å². The van der Waals surface area contributed by atoms with Crippen molar-refractivity contribution in [2.24, 2.45) is 0 Å². The van der Waals surface area contributed by atoms with Gasteiger partial charge in [-0.25, -0.2) is 0 Å². The predicted molar refractivity (Wildman–Crippen MR) is 24.1 cm³/mol. The van der Waals surface area contributed by atoms with Crippen LogP contribution in [0.15, 0.2) is 0 Å². The Morgan fingerprint density at radius 2 is 0.444 bits per heavy atom. The molecule has 0 saturated heterocycles. The molecule has 0 aliphatic heterocycles. The summed E-state index contributed by atoms with van der Waals surface area (Å²) in [6.07, 6.45) is 0. The Morgan fingerprint density at radius 1 is 0.444 bits per heavy atom. The second-order valence-corrected chi connectivity index (χ2v) is 0. The van der Waals surface area contributed by atoms with Gasteiger partial charge in [0.25, 0.3) is 0 Å². The standard InChI is InChI=1S/Mg.2Nb.6H2O/h;;;6*1H2/q+2;;;;;;;;/p-2. The van der Waals surface area contributed by atoms with Crippen LogP contribution in [0.4, 0.5) is 0 Å². The Morgan fingerprint density at radius 3 is 0.444 bits per heavy atom. The molecule has 0 aliphatic rings. The second kappa shape index (κ2) is 202. The van der Waals surface area contributed by atoms with Gasteiger partial charge in [-0.3, -0.25) is 0 Å². The minimum atomic E-state index is 0. The second-order valence-electron chi connectivity index (χ2n) is 0. The zero-order chi connectivity index (χ0) is 0. The molecule has 0 atom stereocenters. The molecule has 0 amide bonds. The van der Waals surface area contributed by atoms with Crippen LogP contribution in [0.5, 0.6) is 0 Å². The molecule has 0 aliphatic carbocycles. The molecule has 0 aromatic heterocycles. The summed E-state index contributed by atoms with van der Waals surface area (Å²) in [5, 5.41) is 0. The van der Waals surface area contributed by atoms with Gasteiger partial charge in [-0.15, -0.1) is 0 Å². The van der Waals surface area contributed by atoms with E-state index in [2.05, 4.69) is 0 Å². The zero-order valence-electron chi connectivity index (χ0n) is 4.50. The van der Waals surface area contributed by atoms with Crippen LogP contribution in [-0.4, -0.2) is 55.9 Å². The van der Waals surface area contributed by atoms with Crippen molar-refractivity contribution in [3.63, 3.8) is 0 Å². The maximum Gasteiger partial charge on any atom is 2.00 e. The third-order valence-corrected chi connectivity index (χ3v) is 0. The van der Waals surface area contributed by atoms with Crippen LogP contribution in [0.1, 0.15) is 0 Å². The van der Waals surface area contributed by atoms with Crippen LogP contribution in [0.3, 0.4) is 0 Å². The first-order chi connectivity index (χ1) is 0. The molecule has 0 bridgehead atoms. The molecule has 6 nitrogen and oxygen atoms in total. The first kappa shape index (κ1) is 274. The van der Waals surface area contributed by atoms with Gasteiger partial charge in [0.1, 0.15) is 0 Å². The average Bonchev–Trinajstić information content (AvgIpc) is 0. The van der Waals surface area contributed by atoms with E-state index in [1.807, 2.05) is 0 Å². The first-order valence-corrected chi connectivity index (χ1v) is 0. The quantitative estimate of drug-likeness (QED) is 0.412. The van der Waals surface area contributed by atoms with Crippen LogP contribution in [0.25, 0.3) is 0 Å². The van der Waals surface area contributed by atoms with Crippen molar-refractivity contribution in [3.8, 4) is 0 Å². The summed E-state index contributed by atoms with van der Waals surface area (Å²) >= 11 is 0. The molecular weight excluding hydrogens is 306 g/mol. The SMILES string of the molecule is O.O.O.O.[Mg+2].[Nb].[Nb].[OH-].[OH-]. The van der Waals surface area contributed by atoms with Gasteiger partial charge in [0.2, 0.25) is 0 Å².